The molecule has 8 heteroatoms. The van der Waals surface area contributed by atoms with E-state index >= 15 is 0 Å². The highest BCUT2D eigenvalue weighted by Gasteiger charge is 2.32. The molecule has 0 spiro atoms. The van der Waals surface area contributed by atoms with Gasteiger partial charge in [-0.1, -0.05) is 36.4 Å². The summed E-state index contributed by atoms with van der Waals surface area (Å²) < 4.78 is 10.7. The Bertz CT molecular complexity index is 1060. The molecule has 1 fully saturated rings. The van der Waals surface area contributed by atoms with Crippen molar-refractivity contribution in [2.45, 2.75) is 6.10 Å². The minimum Gasteiger partial charge on any atom is -0.491 e. The molecule has 3 aromatic rings. The fourth-order valence-electron chi connectivity index (χ4n) is 3.01. The maximum absolute atomic E-state index is 13.3. The second-order valence-electron chi connectivity index (χ2n) is 6.85. The van der Waals surface area contributed by atoms with Crippen LogP contribution in [0.2, 0.25) is 0 Å². The molecule has 2 amide bonds. The molecule has 1 unspecified atom stereocenters. The number of nitro groups is 1. The molecule has 1 saturated heterocycles. The number of ether oxygens (including phenoxy) is 2. The van der Waals surface area contributed by atoms with Crippen molar-refractivity contribution in [3.05, 3.63) is 100 Å². The first kappa shape index (κ1) is 20.2. The molecule has 1 aliphatic rings. The van der Waals surface area contributed by atoms with Gasteiger partial charge in [-0.3, -0.25) is 19.7 Å². The summed E-state index contributed by atoms with van der Waals surface area (Å²) in [5, 5.41) is 11.7. The van der Waals surface area contributed by atoms with Crippen molar-refractivity contribution in [2.75, 3.05) is 18.1 Å². The van der Waals surface area contributed by atoms with Gasteiger partial charge in [0.2, 0.25) is 0 Å². The number of carbonyl (C=O) groups is 2. The number of epoxide rings is 1. The zero-order valence-electron chi connectivity index (χ0n) is 16.3. The maximum atomic E-state index is 13.3. The van der Waals surface area contributed by atoms with Crippen molar-refractivity contribution in [1.29, 1.82) is 0 Å². The van der Waals surface area contributed by atoms with Crippen LogP contribution in [-0.2, 0) is 4.74 Å². The molecule has 0 saturated carbocycles. The zero-order valence-corrected chi connectivity index (χ0v) is 16.3. The Morgan fingerprint density at radius 3 is 2.00 bits per heavy atom. The van der Waals surface area contributed by atoms with E-state index in [4.69, 9.17) is 9.47 Å². The smallest absolute Gasteiger partial charge is 0.293 e. The van der Waals surface area contributed by atoms with Crippen molar-refractivity contribution in [3.63, 3.8) is 0 Å². The minimum absolute atomic E-state index is 0.0216. The van der Waals surface area contributed by atoms with Gasteiger partial charge in [0.25, 0.3) is 17.5 Å². The van der Waals surface area contributed by atoms with Gasteiger partial charge in [-0.2, -0.15) is 0 Å². The molecule has 0 radical (unpaired) electrons. The van der Waals surface area contributed by atoms with Gasteiger partial charge in [-0.15, -0.1) is 0 Å². The van der Waals surface area contributed by atoms with E-state index in [1.807, 2.05) is 0 Å². The van der Waals surface area contributed by atoms with Crippen LogP contribution in [0.5, 0.6) is 5.75 Å². The highest BCUT2D eigenvalue weighted by atomic mass is 16.6. The van der Waals surface area contributed by atoms with Crippen molar-refractivity contribution >= 4 is 23.2 Å². The van der Waals surface area contributed by atoms with E-state index in [1.165, 1.54) is 18.2 Å². The van der Waals surface area contributed by atoms with Gasteiger partial charge in [0.15, 0.2) is 0 Å². The molecule has 0 bridgehead atoms. The van der Waals surface area contributed by atoms with Crippen LogP contribution in [0.4, 0.5) is 11.4 Å². The van der Waals surface area contributed by atoms with E-state index in [0.717, 1.165) is 4.90 Å². The lowest BCUT2D eigenvalue weighted by molar-refractivity contribution is -0.384. The first-order valence-corrected chi connectivity index (χ1v) is 9.56. The molecule has 1 aliphatic heterocycles. The van der Waals surface area contributed by atoms with E-state index in [9.17, 15) is 19.7 Å². The number of hydrogen-bond acceptors (Lipinski definition) is 6. The van der Waals surface area contributed by atoms with Gasteiger partial charge in [0.1, 0.15) is 24.1 Å². The van der Waals surface area contributed by atoms with E-state index in [1.54, 1.807) is 60.7 Å². The van der Waals surface area contributed by atoms with E-state index < -0.39 is 16.7 Å². The standard InChI is InChI=1S/C23H18N2O6/c26-22(16-7-3-1-4-8-16)24(23(27)17-9-5-2-6-10-17)21-13-18(30-14-19-15-31-19)11-12-20(21)25(28)29/h1-13,19H,14-15H2. The molecule has 4 rings (SSSR count). The summed E-state index contributed by atoms with van der Waals surface area (Å²) in [6, 6.07) is 20.3. The van der Waals surface area contributed by atoms with Crippen molar-refractivity contribution in [1.82, 2.24) is 0 Å². The van der Waals surface area contributed by atoms with Crippen LogP contribution in [0, 0.1) is 10.1 Å². The highest BCUT2D eigenvalue weighted by molar-refractivity contribution is 6.26. The van der Waals surface area contributed by atoms with E-state index in [-0.39, 0.29) is 35.2 Å². The monoisotopic (exact) mass is 418 g/mol. The van der Waals surface area contributed by atoms with Gasteiger partial charge >= 0.3 is 0 Å². The first-order valence-electron chi connectivity index (χ1n) is 9.56. The topological polar surface area (TPSA) is 102 Å². The van der Waals surface area contributed by atoms with Crippen molar-refractivity contribution in [2.24, 2.45) is 0 Å². The van der Waals surface area contributed by atoms with Crippen LogP contribution >= 0.6 is 0 Å². The highest BCUT2D eigenvalue weighted by Crippen LogP contribution is 2.34. The summed E-state index contributed by atoms with van der Waals surface area (Å²) in [4.78, 5) is 38.6. The Morgan fingerprint density at radius 1 is 0.968 bits per heavy atom. The number of amides is 2. The molecule has 0 aromatic heterocycles. The fourth-order valence-corrected chi connectivity index (χ4v) is 3.01. The van der Waals surface area contributed by atoms with E-state index in [2.05, 4.69) is 0 Å². The summed E-state index contributed by atoms with van der Waals surface area (Å²) >= 11 is 0. The Labute approximate surface area is 177 Å². The summed E-state index contributed by atoms with van der Waals surface area (Å²) in [5.41, 5.74) is -0.108. The molecule has 3 aromatic carbocycles. The van der Waals surface area contributed by atoms with Crippen LogP contribution < -0.4 is 9.64 Å². The van der Waals surface area contributed by atoms with Gasteiger partial charge < -0.3 is 9.47 Å². The normalized spacial score (nSPS) is 14.5. The summed E-state index contributed by atoms with van der Waals surface area (Å²) in [6.07, 6.45) is -0.0216. The van der Waals surface area contributed by atoms with Crippen molar-refractivity contribution < 1.29 is 24.0 Å². The Morgan fingerprint density at radius 2 is 1.52 bits per heavy atom. The molecule has 1 atom stereocenters. The summed E-state index contributed by atoms with van der Waals surface area (Å²) in [6.45, 7) is 0.863. The fraction of sp³-hybridized carbons (Fsp3) is 0.130. The number of nitro benzene ring substituents is 1. The lowest BCUT2D eigenvalue weighted by Crippen LogP contribution is -2.37. The van der Waals surface area contributed by atoms with Gasteiger partial charge in [-0.05, 0) is 30.3 Å². The predicted molar refractivity (Wildman–Crippen MR) is 112 cm³/mol. The summed E-state index contributed by atoms with van der Waals surface area (Å²) in [7, 11) is 0. The molecule has 31 heavy (non-hydrogen) atoms. The number of imide groups is 1. The van der Waals surface area contributed by atoms with Crippen LogP contribution in [0.15, 0.2) is 78.9 Å². The lowest BCUT2D eigenvalue weighted by Gasteiger charge is -2.22. The van der Waals surface area contributed by atoms with Gasteiger partial charge in [0.05, 0.1) is 11.5 Å². The van der Waals surface area contributed by atoms with E-state index in [0.29, 0.717) is 12.4 Å². The second kappa shape index (κ2) is 8.76. The first-order chi connectivity index (χ1) is 15.0. The lowest BCUT2D eigenvalue weighted by atomic mass is 10.1. The number of rotatable bonds is 7. The van der Waals surface area contributed by atoms with Gasteiger partial charge in [-0.25, -0.2) is 4.90 Å². The molecular weight excluding hydrogens is 400 g/mol. The van der Waals surface area contributed by atoms with Crippen LogP contribution in [-0.4, -0.2) is 36.1 Å². The Balaban J connectivity index is 1.81. The summed E-state index contributed by atoms with van der Waals surface area (Å²) in [5.74, 6) is -1.07. The SMILES string of the molecule is O=C(c1ccccc1)N(C(=O)c1ccccc1)c1cc(OCC2CO2)ccc1[N+](=O)[O-]. The largest absolute Gasteiger partial charge is 0.491 e. The molecule has 8 nitrogen and oxygen atoms in total. The quantitative estimate of drug-likeness (QED) is 0.250. The molecule has 0 N–H and O–H groups in total. The molecule has 1 heterocycles. The average molecular weight is 418 g/mol. The number of anilines is 1. The Kier molecular flexibility index (Phi) is 5.72. The number of nitrogens with zero attached hydrogens (tertiary/aromatic N) is 2. The number of hydrogen-bond donors (Lipinski definition) is 0. The van der Waals surface area contributed by atoms with Crippen LogP contribution in [0.1, 0.15) is 20.7 Å². The molecular formula is C23H18N2O6. The second-order valence-corrected chi connectivity index (χ2v) is 6.85. The van der Waals surface area contributed by atoms with Gasteiger partial charge in [0, 0.05) is 23.3 Å². The minimum atomic E-state index is -0.680. The van der Waals surface area contributed by atoms with Crippen LogP contribution in [0.25, 0.3) is 0 Å². The predicted octanol–water partition coefficient (Wildman–Crippen LogP) is 3.86. The number of carbonyl (C=O) groups excluding carboxylic acids is 2. The third-order valence-corrected chi connectivity index (χ3v) is 4.67. The van der Waals surface area contributed by atoms with Crippen molar-refractivity contribution in [3.8, 4) is 5.75 Å². The average Bonchev–Trinajstić information content (AvgIpc) is 3.63. The molecule has 156 valence electrons. The van der Waals surface area contributed by atoms with Crippen LogP contribution in [0.3, 0.4) is 0 Å². The Hall–Kier alpha value is -4.04. The third kappa shape index (κ3) is 4.59. The zero-order chi connectivity index (χ0) is 21.8. The maximum Gasteiger partial charge on any atom is 0.293 e. The number of benzene rings is 3. The third-order valence-electron chi connectivity index (χ3n) is 4.67. The molecule has 0 aliphatic carbocycles.